The molecule has 3 aromatic carbocycles. The number of nitrogens with zero attached hydrogens (tertiary/aromatic N) is 4. The van der Waals surface area contributed by atoms with Gasteiger partial charge in [-0.2, -0.15) is 0 Å². The van der Waals surface area contributed by atoms with E-state index < -0.39 is 57.6 Å². The molecule has 0 bridgehead atoms. The number of nitro benzene ring substituents is 1. The molecule has 1 aromatic heterocycles. The van der Waals surface area contributed by atoms with Crippen LogP contribution < -0.4 is 15.0 Å². The first-order valence-electron chi connectivity index (χ1n) is 16.1. The van der Waals surface area contributed by atoms with Crippen molar-refractivity contribution in [1.29, 1.82) is 0 Å². The van der Waals surface area contributed by atoms with Crippen molar-refractivity contribution in [1.82, 2.24) is 9.88 Å². The maximum absolute atomic E-state index is 16.4. The van der Waals surface area contributed by atoms with Gasteiger partial charge in [0.1, 0.15) is 33.8 Å². The summed E-state index contributed by atoms with van der Waals surface area (Å²) in [6, 6.07) is 18.0. The first kappa shape index (κ1) is 36.7. The van der Waals surface area contributed by atoms with Gasteiger partial charge in [0.15, 0.2) is 0 Å². The number of pyridine rings is 1. The van der Waals surface area contributed by atoms with Crippen molar-refractivity contribution in [2.45, 2.75) is 44.8 Å². The number of halogens is 3. The molecule has 7 rings (SSSR count). The van der Waals surface area contributed by atoms with Gasteiger partial charge in [0.25, 0.3) is 11.6 Å². The minimum atomic E-state index is -1.71. The molecule has 0 aliphatic carbocycles. The topological polar surface area (TPSA) is 144 Å². The van der Waals surface area contributed by atoms with Crippen LogP contribution in [0.25, 0.3) is 0 Å². The van der Waals surface area contributed by atoms with Gasteiger partial charge in [0.2, 0.25) is 5.91 Å². The molecule has 0 unspecified atom stereocenters. The van der Waals surface area contributed by atoms with Crippen LogP contribution in [0.5, 0.6) is 5.75 Å². The van der Waals surface area contributed by atoms with Crippen LogP contribution in [-0.2, 0) is 26.4 Å². The Morgan fingerprint density at radius 2 is 1.88 bits per heavy atom. The van der Waals surface area contributed by atoms with Crippen molar-refractivity contribution in [3.05, 3.63) is 121 Å². The van der Waals surface area contributed by atoms with E-state index in [1.165, 1.54) is 35.2 Å². The van der Waals surface area contributed by atoms with Gasteiger partial charge in [-0.05, 0) is 66.9 Å². The van der Waals surface area contributed by atoms with Gasteiger partial charge in [-0.1, -0.05) is 54.9 Å². The van der Waals surface area contributed by atoms with E-state index in [9.17, 15) is 19.7 Å². The Hall–Kier alpha value is -5.11. The second kappa shape index (κ2) is 14.1. The normalized spacial score (nSPS) is 22.0. The molecular weight excluding hydrogens is 716 g/mol. The fourth-order valence-corrected chi connectivity index (χ4v) is 8.30. The standard InChI is InChI=1S/C36H30Cl2FN5O7.CH4/c1-3-51-21-7-4-6-19(16-21)18-43-26-14-15-42(25-12-10-20(34(46)50-2)17-27(25)44(48)49)33(45)29(26)30(22-8-5-9-24(37)31(22)39)36(43)23-11-13-28(38)40-32(23)41-35(36)47;/h4-13,16-17,26,29-30H,3,14-15,18H2,1-2H3,(H,40,41,47);1H4/t26-,29+,30-,36+;/m0./s1. The molecule has 3 aliphatic rings. The summed E-state index contributed by atoms with van der Waals surface area (Å²) in [7, 11) is 1.15. The van der Waals surface area contributed by atoms with Crippen LogP contribution in [0.3, 0.4) is 0 Å². The minimum Gasteiger partial charge on any atom is -0.494 e. The van der Waals surface area contributed by atoms with Gasteiger partial charge in [0, 0.05) is 36.7 Å². The number of carbonyl (C=O) groups excluding carboxylic acids is 3. The summed E-state index contributed by atoms with van der Waals surface area (Å²) in [6.45, 7) is 2.44. The van der Waals surface area contributed by atoms with E-state index in [0.717, 1.165) is 18.7 Å². The van der Waals surface area contributed by atoms with Crippen molar-refractivity contribution in [2.75, 3.05) is 30.5 Å². The molecule has 3 aliphatic heterocycles. The molecule has 15 heteroatoms. The summed E-state index contributed by atoms with van der Waals surface area (Å²) in [4.78, 5) is 61.2. The summed E-state index contributed by atoms with van der Waals surface area (Å²) in [6.07, 6.45) is 0.238. The van der Waals surface area contributed by atoms with E-state index in [1.807, 2.05) is 36.1 Å². The molecule has 2 fully saturated rings. The van der Waals surface area contributed by atoms with Gasteiger partial charge in [-0.3, -0.25) is 24.6 Å². The highest BCUT2D eigenvalue weighted by Crippen LogP contribution is 2.62. The van der Waals surface area contributed by atoms with E-state index in [4.69, 9.17) is 32.7 Å². The molecule has 4 heterocycles. The average Bonchev–Trinajstić information content (AvgIpc) is 3.56. The Morgan fingerprint density at radius 3 is 2.62 bits per heavy atom. The number of nitrogens with one attached hydrogen (secondary N) is 1. The predicted molar refractivity (Wildman–Crippen MR) is 192 cm³/mol. The van der Waals surface area contributed by atoms with Crippen LogP contribution in [0.15, 0.2) is 72.8 Å². The Labute approximate surface area is 308 Å². The van der Waals surface area contributed by atoms with E-state index in [1.54, 1.807) is 12.1 Å². The number of amides is 2. The number of rotatable bonds is 8. The van der Waals surface area contributed by atoms with Gasteiger partial charge >= 0.3 is 5.97 Å². The van der Waals surface area contributed by atoms with Gasteiger partial charge in [-0.25, -0.2) is 14.2 Å². The summed E-state index contributed by atoms with van der Waals surface area (Å²) in [5, 5.41) is 15.1. The third-order valence-corrected chi connectivity index (χ3v) is 10.4. The van der Waals surface area contributed by atoms with Crippen molar-refractivity contribution >= 4 is 58.2 Å². The fourth-order valence-electron chi connectivity index (χ4n) is 7.97. The summed E-state index contributed by atoms with van der Waals surface area (Å²) >= 11 is 12.6. The zero-order chi connectivity index (χ0) is 36.2. The number of hydrogen-bond acceptors (Lipinski definition) is 9. The van der Waals surface area contributed by atoms with Crippen LogP contribution in [0, 0.1) is 21.8 Å². The van der Waals surface area contributed by atoms with Crippen molar-refractivity contribution < 1.29 is 33.2 Å². The van der Waals surface area contributed by atoms with Crippen LogP contribution >= 0.6 is 23.2 Å². The number of esters is 1. The Balaban J connectivity index is 0.00000464. The number of ether oxygens (including phenoxy) is 2. The smallest absolute Gasteiger partial charge is 0.338 e. The number of carbonyl (C=O) groups is 3. The monoisotopic (exact) mass is 749 g/mol. The second-order valence-electron chi connectivity index (χ2n) is 12.4. The molecule has 270 valence electrons. The first-order chi connectivity index (χ1) is 24.5. The molecule has 0 radical (unpaired) electrons. The second-order valence-corrected chi connectivity index (χ2v) is 13.2. The average molecular weight is 751 g/mol. The van der Waals surface area contributed by atoms with Gasteiger partial charge in [0.05, 0.1) is 35.1 Å². The van der Waals surface area contributed by atoms with Crippen LogP contribution in [0.1, 0.15) is 53.7 Å². The third kappa shape index (κ3) is 5.73. The predicted octanol–water partition coefficient (Wildman–Crippen LogP) is 7.13. The number of anilines is 2. The van der Waals surface area contributed by atoms with Crippen molar-refractivity contribution in [3.63, 3.8) is 0 Å². The highest BCUT2D eigenvalue weighted by Gasteiger charge is 2.70. The lowest BCUT2D eigenvalue weighted by Gasteiger charge is -2.40. The fraction of sp³-hybridized carbons (Fsp3) is 0.297. The van der Waals surface area contributed by atoms with E-state index in [-0.39, 0.29) is 59.7 Å². The molecule has 4 atom stereocenters. The molecule has 2 saturated heterocycles. The van der Waals surface area contributed by atoms with Crippen molar-refractivity contribution in [3.8, 4) is 5.75 Å². The lowest BCUT2D eigenvalue weighted by atomic mass is 9.70. The van der Waals surface area contributed by atoms with Gasteiger partial charge in [-0.15, -0.1) is 0 Å². The van der Waals surface area contributed by atoms with E-state index in [2.05, 4.69) is 10.3 Å². The number of hydrogen-bond donors (Lipinski definition) is 1. The number of methoxy groups -OCH3 is 1. The van der Waals surface area contributed by atoms with Crippen LogP contribution in [0.2, 0.25) is 10.2 Å². The lowest BCUT2D eigenvalue weighted by molar-refractivity contribution is -0.384. The summed E-state index contributed by atoms with van der Waals surface area (Å²) in [5.41, 5.74) is -1.14. The maximum atomic E-state index is 16.4. The SMILES string of the molecule is C.CCOc1cccc(CN2[C@H]3CCN(c4ccc(C(=O)OC)cc4[N+](=O)[O-])C(=O)[C@H]3[C@H](c3cccc(Cl)c3F)[C@]23C(=O)Nc2nc(Cl)ccc23)c1. The summed E-state index contributed by atoms with van der Waals surface area (Å²) in [5.74, 6) is -4.23. The Kier molecular flexibility index (Phi) is 9.97. The molecule has 12 nitrogen and oxygen atoms in total. The molecule has 1 N–H and O–H groups in total. The van der Waals surface area contributed by atoms with Crippen LogP contribution in [0.4, 0.5) is 21.6 Å². The minimum absolute atomic E-state index is 0. The molecule has 1 spiro atoms. The molecule has 2 amide bonds. The summed E-state index contributed by atoms with van der Waals surface area (Å²) < 4.78 is 26.9. The number of piperidine rings is 1. The van der Waals surface area contributed by atoms with E-state index >= 15 is 9.18 Å². The quantitative estimate of drug-likeness (QED) is 0.0861. The first-order valence-corrected chi connectivity index (χ1v) is 16.9. The number of fused-ring (bicyclic) bond motifs is 3. The van der Waals surface area contributed by atoms with Crippen LogP contribution in [-0.4, -0.2) is 58.9 Å². The number of nitro groups is 1. The lowest BCUT2D eigenvalue weighted by Crippen LogP contribution is -2.53. The maximum Gasteiger partial charge on any atom is 0.338 e. The number of aromatic nitrogens is 1. The third-order valence-electron chi connectivity index (χ3n) is 9.89. The largest absolute Gasteiger partial charge is 0.494 e. The number of benzene rings is 3. The zero-order valence-corrected chi connectivity index (χ0v) is 28.8. The molecular formula is C37H34Cl2FN5O7. The highest BCUT2D eigenvalue weighted by atomic mass is 35.5. The van der Waals surface area contributed by atoms with E-state index in [0.29, 0.717) is 17.9 Å². The van der Waals surface area contributed by atoms with Gasteiger partial charge < -0.3 is 19.7 Å². The molecule has 4 aromatic rings. The Bertz CT molecular complexity index is 2120. The Morgan fingerprint density at radius 1 is 1.12 bits per heavy atom. The highest BCUT2D eigenvalue weighted by molar-refractivity contribution is 6.31. The van der Waals surface area contributed by atoms with Crippen molar-refractivity contribution in [2.24, 2.45) is 5.92 Å². The molecule has 0 saturated carbocycles. The molecule has 52 heavy (non-hydrogen) atoms. The zero-order valence-electron chi connectivity index (χ0n) is 27.3. The number of likely N-dealkylation sites (tertiary alicyclic amines) is 1.